The number of hydrogen-bond acceptors (Lipinski definition) is 4. The zero-order valence-corrected chi connectivity index (χ0v) is 13.8. The summed E-state index contributed by atoms with van der Waals surface area (Å²) in [7, 11) is 1.33. The molecule has 0 fully saturated rings. The standard InChI is InChI=1S/C17H13BrN2O3/c1-22-17(21)16-10-15(19-20-16)11-2-6-13(7-3-11)23-14-8-4-12(18)5-9-14/h2-10H,1H3,(H,19,20). The summed E-state index contributed by atoms with van der Waals surface area (Å²) in [5.74, 6) is 1.03. The minimum absolute atomic E-state index is 0.317. The van der Waals surface area contributed by atoms with Gasteiger partial charge in [0, 0.05) is 10.0 Å². The van der Waals surface area contributed by atoms with Crippen LogP contribution in [0.1, 0.15) is 10.5 Å². The van der Waals surface area contributed by atoms with Crippen LogP contribution in [0.25, 0.3) is 11.3 Å². The molecule has 0 saturated heterocycles. The fraction of sp³-hybridized carbons (Fsp3) is 0.0588. The number of benzene rings is 2. The number of rotatable bonds is 4. The summed E-state index contributed by atoms with van der Waals surface area (Å²) in [5.41, 5.74) is 1.86. The molecule has 2 aromatic carbocycles. The molecule has 0 aliphatic carbocycles. The van der Waals surface area contributed by atoms with Gasteiger partial charge in [-0.15, -0.1) is 0 Å². The first-order valence-electron chi connectivity index (χ1n) is 6.83. The van der Waals surface area contributed by atoms with Gasteiger partial charge in [0.05, 0.1) is 12.8 Å². The zero-order chi connectivity index (χ0) is 16.2. The summed E-state index contributed by atoms with van der Waals surface area (Å²) in [6.45, 7) is 0. The molecule has 1 aromatic heterocycles. The van der Waals surface area contributed by atoms with Gasteiger partial charge in [-0.3, -0.25) is 5.10 Å². The van der Waals surface area contributed by atoms with Crippen molar-refractivity contribution >= 4 is 21.9 Å². The van der Waals surface area contributed by atoms with Crippen LogP contribution in [0.2, 0.25) is 0 Å². The van der Waals surface area contributed by atoms with Gasteiger partial charge in [-0.05, 0) is 54.6 Å². The fourth-order valence-electron chi connectivity index (χ4n) is 2.02. The lowest BCUT2D eigenvalue weighted by molar-refractivity contribution is 0.0594. The van der Waals surface area contributed by atoms with E-state index in [-0.39, 0.29) is 0 Å². The van der Waals surface area contributed by atoms with Crippen molar-refractivity contribution < 1.29 is 14.3 Å². The van der Waals surface area contributed by atoms with Gasteiger partial charge in [-0.25, -0.2) is 4.79 Å². The van der Waals surface area contributed by atoms with Gasteiger partial charge >= 0.3 is 5.97 Å². The van der Waals surface area contributed by atoms with Crippen LogP contribution in [0.5, 0.6) is 11.5 Å². The second-order valence-corrected chi connectivity index (χ2v) is 5.65. The first kappa shape index (κ1) is 15.3. The lowest BCUT2D eigenvalue weighted by Crippen LogP contribution is -2.00. The number of hydrogen-bond donors (Lipinski definition) is 1. The molecule has 116 valence electrons. The van der Waals surface area contributed by atoms with E-state index in [0.29, 0.717) is 11.4 Å². The smallest absolute Gasteiger partial charge is 0.356 e. The third kappa shape index (κ3) is 3.60. The highest BCUT2D eigenvalue weighted by Crippen LogP contribution is 2.26. The molecule has 1 N–H and O–H groups in total. The van der Waals surface area contributed by atoms with Crippen molar-refractivity contribution in [2.24, 2.45) is 0 Å². The number of halogens is 1. The number of esters is 1. The SMILES string of the molecule is COC(=O)c1cc(-c2ccc(Oc3ccc(Br)cc3)cc2)n[nH]1. The van der Waals surface area contributed by atoms with Gasteiger partial charge in [-0.2, -0.15) is 5.10 Å². The summed E-state index contributed by atoms with van der Waals surface area (Å²) in [6, 6.07) is 16.7. The van der Waals surface area contributed by atoms with Gasteiger partial charge in [0.15, 0.2) is 0 Å². The van der Waals surface area contributed by atoms with Crippen molar-refractivity contribution in [3.63, 3.8) is 0 Å². The summed E-state index contributed by atoms with van der Waals surface area (Å²) in [4.78, 5) is 11.4. The van der Waals surface area contributed by atoms with Crippen molar-refractivity contribution in [1.29, 1.82) is 0 Å². The Morgan fingerprint density at radius 1 is 1.04 bits per heavy atom. The predicted octanol–water partition coefficient (Wildman–Crippen LogP) is 4.42. The van der Waals surface area contributed by atoms with Crippen molar-refractivity contribution in [3.8, 4) is 22.8 Å². The van der Waals surface area contributed by atoms with Crippen molar-refractivity contribution in [2.45, 2.75) is 0 Å². The Morgan fingerprint density at radius 3 is 2.26 bits per heavy atom. The molecule has 0 atom stereocenters. The van der Waals surface area contributed by atoms with E-state index in [1.807, 2.05) is 48.5 Å². The minimum atomic E-state index is -0.445. The van der Waals surface area contributed by atoms with Crippen LogP contribution >= 0.6 is 15.9 Å². The molecule has 0 unspecified atom stereocenters. The van der Waals surface area contributed by atoms with E-state index < -0.39 is 5.97 Å². The Balaban J connectivity index is 1.75. The van der Waals surface area contributed by atoms with Gasteiger partial charge < -0.3 is 9.47 Å². The normalized spacial score (nSPS) is 10.3. The Morgan fingerprint density at radius 2 is 1.65 bits per heavy atom. The van der Waals surface area contributed by atoms with E-state index in [4.69, 9.17) is 4.74 Å². The minimum Gasteiger partial charge on any atom is -0.464 e. The molecular formula is C17H13BrN2O3. The molecule has 6 heteroatoms. The van der Waals surface area contributed by atoms with Gasteiger partial charge in [-0.1, -0.05) is 15.9 Å². The number of H-pyrrole nitrogens is 1. The van der Waals surface area contributed by atoms with Crippen LogP contribution in [0.3, 0.4) is 0 Å². The molecule has 0 amide bonds. The molecule has 3 rings (SSSR count). The maximum atomic E-state index is 11.4. The highest BCUT2D eigenvalue weighted by Gasteiger charge is 2.11. The highest BCUT2D eigenvalue weighted by molar-refractivity contribution is 9.10. The van der Waals surface area contributed by atoms with Crippen LogP contribution in [-0.2, 0) is 4.74 Å². The molecule has 0 spiro atoms. The van der Waals surface area contributed by atoms with Gasteiger partial charge in [0.2, 0.25) is 0 Å². The second-order valence-electron chi connectivity index (χ2n) is 4.74. The van der Waals surface area contributed by atoms with Crippen LogP contribution in [0.4, 0.5) is 0 Å². The lowest BCUT2D eigenvalue weighted by atomic mass is 10.1. The second kappa shape index (κ2) is 6.66. The molecule has 1 heterocycles. The molecule has 3 aromatic rings. The molecule has 0 bridgehead atoms. The molecule has 0 aliphatic heterocycles. The van der Waals surface area contributed by atoms with E-state index >= 15 is 0 Å². The summed E-state index contributed by atoms with van der Waals surface area (Å²) in [6.07, 6.45) is 0. The van der Waals surface area contributed by atoms with Gasteiger partial charge in [0.25, 0.3) is 0 Å². The number of nitrogens with one attached hydrogen (secondary N) is 1. The Kier molecular flexibility index (Phi) is 4.43. The predicted molar refractivity (Wildman–Crippen MR) is 89.6 cm³/mol. The average molecular weight is 373 g/mol. The third-order valence-electron chi connectivity index (χ3n) is 3.18. The Hall–Kier alpha value is -2.60. The van der Waals surface area contributed by atoms with E-state index in [1.54, 1.807) is 6.07 Å². The fourth-order valence-corrected chi connectivity index (χ4v) is 2.28. The quantitative estimate of drug-likeness (QED) is 0.688. The number of carbonyl (C=O) groups excluding carboxylic acids is 1. The van der Waals surface area contributed by atoms with Crippen molar-refractivity contribution in [3.05, 3.63) is 64.8 Å². The maximum Gasteiger partial charge on any atom is 0.356 e. The highest BCUT2D eigenvalue weighted by atomic mass is 79.9. The molecule has 5 nitrogen and oxygen atoms in total. The Labute approximate surface area is 141 Å². The Bertz CT molecular complexity index is 811. The first-order valence-corrected chi connectivity index (χ1v) is 7.62. The topological polar surface area (TPSA) is 64.2 Å². The number of ether oxygens (including phenoxy) is 2. The first-order chi connectivity index (χ1) is 11.2. The van der Waals surface area contributed by atoms with E-state index in [0.717, 1.165) is 21.5 Å². The number of nitrogens with zero attached hydrogens (tertiary/aromatic N) is 1. The van der Waals surface area contributed by atoms with Gasteiger partial charge in [0.1, 0.15) is 17.2 Å². The lowest BCUT2D eigenvalue weighted by Gasteiger charge is -2.06. The molecule has 0 radical (unpaired) electrons. The number of methoxy groups -OCH3 is 1. The van der Waals surface area contributed by atoms with Crippen LogP contribution in [0.15, 0.2) is 59.1 Å². The summed E-state index contributed by atoms with van der Waals surface area (Å²) >= 11 is 3.39. The number of aromatic amines is 1. The molecule has 23 heavy (non-hydrogen) atoms. The molecule has 0 saturated carbocycles. The third-order valence-corrected chi connectivity index (χ3v) is 3.71. The molecule has 0 aliphatic rings. The van der Waals surface area contributed by atoms with Crippen molar-refractivity contribution in [2.75, 3.05) is 7.11 Å². The van der Waals surface area contributed by atoms with E-state index in [9.17, 15) is 4.79 Å². The largest absolute Gasteiger partial charge is 0.464 e. The van der Waals surface area contributed by atoms with Crippen LogP contribution in [-0.4, -0.2) is 23.3 Å². The summed E-state index contributed by atoms with van der Waals surface area (Å²) < 4.78 is 11.4. The molecular weight excluding hydrogens is 360 g/mol. The van der Waals surface area contributed by atoms with E-state index in [1.165, 1.54) is 7.11 Å². The van der Waals surface area contributed by atoms with Crippen LogP contribution < -0.4 is 4.74 Å². The number of aromatic nitrogens is 2. The average Bonchev–Trinajstić information content (AvgIpc) is 3.07. The summed E-state index contributed by atoms with van der Waals surface area (Å²) in [5, 5.41) is 6.76. The maximum absolute atomic E-state index is 11.4. The monoisotopic (exact) mass is 372 g/mol. The van der Waals surface area contributed by atoms with Crippen molar-refractivity contribution in [1.82, 2.24) is 10.2 Å². The van der Waals surface area contributed by atoms with Crippen LogP contribution in [0, 0.1) is 0 Å². The van der Waals surface area contributed by atoms with E-state index in [2.05, 4.69) is 30.9 Å². The number of carbonyl (C=O) groups is 1. The zero-order valence-electron chi connectivity index (χ0n) is 12.2.